The number of rotatable bonds is 11. The number of methoxy groups -OCH3 is 1. The molecule has 0 radical (unpaired) electrons. The Bertz CT molecular complexity index is 1630. The van der Waals surface area contributed by atoms with Gasteiger partial charge in [-0.15, -0.1) is 0 Å². The number of nitrogens with zero attached hydrogens (tertiary/aromatic N) is 2. The molecule has 47 heavy (non-hydrogen) atoms. The van der Waals surface area contributed by atoms with Crippen LogP contribution >= 0.6 is 0 Å². The van der Waals surface area contributed by atoms with Crippen LogP contribution in [0.5, 0.6) is 5.75 Å². The van der Waals surface area contributed by atoms with Gasteiger partial charge in [0.15, 0.2) is 0 Å². The molecule has 0 atom stereocenters. The van der Waals surface area contributed by atoms with E-state index in [1.54, 1.807) is 50.6 Å². The lowest BCUT2D eigenvalue weighted by atomic mass is 9.75. The van der Waals surface area contributed by atoms with Gasteiger partial charge in [0.05, 0.1) is 43.3 Å². The van der Waals surface area contributed by atoms with Crippen LogP contribution in [-0.4, -0.2) is 93.9 Å². The topological polar surface area (TPSA) is 89.0 Å². The maximum atomic E-state index is 13.7. The Hall–Kier alpha value is -3.92. The first-order valence-electron chi connectivity index (χ1n) is 16.1. The molecule has 2 aliphatic heterocycles. The second-order valence-electron chi connectivity index (χ2n) is 12.8. The standard InChI is InChI=1S/C35H42F3N5O4/c1-39-33(44)24-8-13-30(32(17-24)47-16-15-45-2)40-14-4-5-27-18-28-29(6-3-7-31(28)43(27)21-35(36,37)38)41-25-9-11-26(12-10-25)42-19-34(20-42)22-46-23-34/h3,6-8,13,17-18,25-26,40-41H,9-12,14-16,19-23H2,1-2H3,(H,39,44). The summed E-state index contributed by atoms with van der Waals surface area (Å²) in [5.74, 6) is 6.14. The quantitative estimate of drug-likeness (QED) is 0.196. The molecular formula is C35H42F3N5O4. The molecule has 1 saturated carbocycles. The summed E-state index contributed by atoms with van der Waals surface area (Å²) in [7, 11) is 3.11. The third-order valence-corrected chi connectivity index (χ3v) is 9.35. The number of hydrogen-bond donors (Lipinski definition) is 3. The van der Waals surface area contributed by atoms with E-state index in [-0.39, 0.29) is 30.8 Å². The van der Waals surface area contributed by atoms with Crippen molar-refractivity contribution in [1.29, 1.82) is 0 Å². The summed E-state index contributed by atoms with van der Waals surface area (Å²) < 4.78 is 58.8. The predicted molar refractivity (Wildman–Crippen MR) is 175 cm³/mol. The van der Waals surface area contributed by atoms with E-state index in [0.29, 0.717) is 40.6 Å². The van der Waals surface area contributed by atoms with Crippen LogP contribution in [0, 0.1) is 17.3 Å². The van der Waals surface area contributed by atoms with Crippen LogP contribution in [0.1, 0.15) is 41.7 Å². The summed E-state index contributed by atoms with van der Waals surface area (Å²) in [6.07, 6.45) is -0.160. The van der Waals surface area contributed by atoms with Crippen molar-refractivity contribution in [1.82, 2.24) is 14.8 Å². The molecule has 1 amide bonds. The first kappa shape index (κ1) is 33.0. The van der Waals surface area contributed by atoms with Crippen molar-refractivity contribution in [2.24, 2.45) is 5.41 Å². The van der Waals surface area contributed by atoms with Crippen molar-refractivity contribution in [3.8, 4) is 17.6 Å². The van der Waals surface area contributed by atoms with E-state index in [1.807, 2.05) is 6.07 Å². The molecule has 3 aromatic rings. The molecule has 1 spiro atoms. The maximum absolute atomic E-state index is 13.7. The Kier molecular flexibility index (Phi) is 9.87. The molecule has 6 rings (SSSR count). The van der Waals surface area contributed by atoms with Crippen LogP contribution < -0.4 is 20.7 Å². The van der Waals surface area contributed by atoms with E-state index < -0.39 is 12.7 Å². The zero-order valence-electron chi connectivity index (χ0n) is 26.8. The number of likely N-dealkylation sites (tertiary alicyclic amines) is 1. The number of alkyl halides is 3. The van der Waals surface area contributed by atoms with Crippen molar-refractivity contribution in [3.05, 3.63) is 53.7 Å². The van der Waals surface area contributed by atoms with Crippen LogP contribution in [0.3, 0.4) is 0 Å². The lowest BCUT2D eigenvalue weighted by Gasteiger charge is -2.58. The molecule has 0 bridgehead atoms. The van der Waals surface area contributed by atoms with Gasteiger partial charge in [0, 0.05) is 61.4 Å². The van der Waals surface area contributed by atoms with Crippen LogP contribution in [0.2, 0.25) is 0 Å². The zero-order valence-corrected chi connectivity index (χ0v) is 26.8. The number of amides is 1. The smallest absolute Gasteiger partial charge is 0.406 e. The fourth-order valence-corrected chi connectivity index (χ4v) is 6.90. The molecule has 2 saturated heterocycles. The van der Waals surface area contributed by atoms with Crippen molar-refractivity contribution in [2.75, 3.05) is 70.9 Å². The first-order chi connectivity index (χ1) is 22.7. The second kappa shape index (κ2) is 14.1. The first-order valence-corrected chi connectivity index (χ1v) is 16.1. The summed E-state index contributed by atoms with van der Waals surface area (Å²) in [6, 6.07) is 13.1. The van der Waals surface area contributed by atoms with Gasteiger partial charge in [-0.1, -0.05) is 12.0 Å². The van der Waals surface area contributed by atoms with Crippen LogP contribution in [0.15, 0.2) is 42.5 Å². The molecule has 1 aromatic heterocycles. The highest BCUT2D eigenvalue weighted by molar-refractivity contribution is 5.95. The predicted octanol–water partition coefficient (Wildman–Crippen LogP) is 5.11. The van der Waals surface area contributed by atoms with E-state index >= 15 is 0 Å². The highest BCUT2D eigenvalue weighted by atomic mass is 19.4. The van der Waals surface area contributed by atoms with Crippen molar-refractivity contribution < 1.29 is 32.2 Å². The maximum Gasteiger partial charge on any atom is 0.406 e. The molecule has 12 heteroatoms. The number of aromatic nitrogens is 1. The summed E-state index contributed by atoms with van der Waals surface area (Å²) >= 11 is 0. The minimum atomic E-state index is -4.41. The van der Waals surface area contributed by atoms with Gasteiger partial charge in [-0.25, -0.2) is 0 Å². The summed E-state index contributed by atoms with van der Waals surface area (Å²) in [5.41, 5.74) is 3.05. The minimum absolute atomic E-state index is 0.146. The Morgan fingerprint density at radius 2 is 1.85 bits per heavy atom. The fraction of sp³-hybridized carbons (Fsp3) is 0.514. The van der Waals surface area contributed by atoms with Gasteiger partial charge in [0.1, 0.15) is 18.9 Å². The lowest BCUT2D eigenvalue weighted by molar-refractivity contribution is -0.200. The van der Waals surface area contributed by atoms with Gasteiger partial charge >= 0.3 is 6.18 Å². The van der Waals surface area contributed by atoms with Crippen LogP contribution in [0.25, 0.3) is 10.9 Å². The average Bonchev–Trinajstić information content (AvgIpc) is 3.35. The largest absolute Gasteiger partial charge is 0.489 e. The summed E-state index contributed by atoms with van der Waals surface area (Å²) in [5, 5.41) is 10.1. The van der Waals surface area contributed by atoms with Gasteiger partial charge in [0.2, 0.25) is 0 Å². The van der Waals surface area contributed by atoms with Crippen molar-refractivity contribution >= 4 is 28.2 Å². The third kappa shape index (κ3) is 7.64. The highest BCUT2D eigenvalue weighted by Crippen LogP contribution is 2.41. The molecule has 1 aliphatic carbocycles. The van der Waals surface area contributed by atoms with Gasteiger partial charge in [-0.2, -0.15) is 13.2 Å². The van der Waals surface area contributed by atoms with E-state index in [4.69, 9.17) is 14.2 Å². The Balaban J connectivity index is 1.15. The molecule has 3 N–H and O–H groups in total. The summed E-state index contributed by atoms with van der Waals surface area (Å²) in [4.78, 5) is 14.7. The number of carbonyl (C=O) groups is 1. The normalized spacial score (nSPS) is 20.5. The van der Waals surface area contributed by atoms with E-state index in [2.05, 4.69) is 32.7 Å². The zero-order chi connectivity index (χ0) is 33.0. The number of anilines is 2. The molecule has 252 valence electrons. The van der Waals surface area contributed by atoms with E-state index in [1.165, 1.54) is 4.57 Å². The molecule has 2 aromatic carbocycles. The minimum Gasteiger partial charge on any atom is -0.489 e. The summed E-state index contributed by atoms with van der Waals surface area (Å²) in [6.45, 7) is 3.69. The number of carbonyl (C=O) groups excluding carboxylic acids is 1. The average molecular weight is 654 g/mol. The molecule has 3 heterocycles. The molecule has 0 unspecified atom stereocenters. The molecular weight excluding hydrogens is 611 g/mol. The van der Waals surface area contributed by atoms with Gasteiger partial charge in [-0.3, -0.25) is 9.69 Å². The molecule has 3 aliphatic rings. The number of nitrogens with one attached hydrogen (secondary N) is 3. The highest BCUT2D eigenvalue weighted by Gasteiger charge is 2.50. The number of hydrogen-bond acceptors (Lipinski definition) is 7. The molecule has 9 nitrogen and oxygen atoms in total. The van der Waals surface area contributed by atoms with Crippen LogP contribution in [-0.2, 0) is 16.0 Å². The lowest BCUT2D eigenvalue weighted by Crippen LogP contribution is -2.68. The van der Waals surface area contributed by atoms with Gasteiger partial charge < -0.3 is 34.7 Å². The Labute approximate surface area is 273 Å². The Morgan fingerprint density at radius 1 is 1.06 bits per heavy atom. The number of benzene rings is 2. The number of halogens is 3. The van der Waals surface area contributed by atoms with Gasteiger partial charge in [-0.05, 0) is 68.0 Å². The number of ether oxygens (including phenoxy) is 3. The van der Waals surface area contributed by atoms with Crippen LogP contribution in [0.4, 0.5) is 24.5 Å². The Morgan fingerprint density at radius 3 is 2.53 bits per heavy atom. The molecule has 3 fully saturated rings. The number of fused-ring (bicyclic) bond motifs is 1. The SMILES string of the molecule is CNC(=O)c1ccc(NCC#Cc2cc3c(NC4CCC(N5CC6(COC6)C5)CC4)cccc3n2CC(F)(F)F)c(OCCOC)c1. The van der Waals surface area contributed by atoms with E-state index in [9.17, 15) is 18.0 Å². The monoisotopic (exact) mass is 653 g/mol. The third-order valence-electron chi connectivity index (χ3n) is 9.35. The fourth-order valence-electron chi connectivity index (χ4n) is 6.90. The van der Waals surface area contributed by atoms with Gasteiger partial charge in [0.25, 0.3) is 5.91 Å². The van der Waals surface area contributed by atoms with Crippen molar-refractivity contribution in [3.63, 3.8) is 0 Å². The van der Waals surface area contributed by atoms with E-state index in [0.717, 1.165) is 63.1 Å². The van der Waals surface area contributed by atoms with Crippen molar-refractivity contribution in [2.45, 2.75) is 50.5 Å². The second-order valence-corrected chi connectivity index (χ2v) is 12.8.